The van der Waals surface area contributed by atoms with E-state index in [0.29, 0.717) is 4.88 Å². The molecule has 4 nitrogen and oxygen atoms in total. The van der Waals surface area contributed by atoms with Crippen molar-refractivity contribution < 1.29 is 14.7 Å². The van der Waals surface area contributed by atoms with Crippen LogP contribution in [-0.2, 0) is 11.3 Å². The number of rotatable bonds is 5. The summed E-state index contributed by atoms with van der Waals surface area (Å²) in [6, 6.07) is 0. The third-order valence-corrected chi connectivity index (χ3v) is 3.22. The van der Waals surface area contributed by atoms with Gasteiger partial charge in [-0.3, -0.25) is 9.63 Å². The second kappa shape index (κ2) is 5.85. The topological polar surface area (TPSA) is 58.6 Å². The molecule has 0 radical (unpaired) electrons. The normalized spacial score (nSPS) is 10.3. The molecule has 0 bridgehead atoms. The molecule has 1 amide bonds. The first-order chi connectivity index (χ1) is 7.20. The number of hydroxylamine groups is 1. The molecular weight excluding hydrogens is 214 g/mol. The van der Waals surface area contributed by atoms with Crippen molar-refractivity contribution in [2.75, 3.05) is 13.2 Å². The van der Waals surface area contributed by atoms with Crippen LogP contribution in [0.4, 0.5) is 0 Å². The lowest BCUT2D eigenvalue weighted by Crippen LogP contribution is -2.24. The summed E-state index contributed by atoms with van der Waals surface area (Å²) >= 11 is 1.41. The van der Waals surface area contributed by atoms with Gasteiger partial charge >= 0.3 is 0 Å². The molecule has 1 aromatic rings. The van der Waals surface area contributed by atoms with Gasteiger partial charge in [0.1, 0.15) is 0 Å². The molecular formula is C10H15NO3S. The summed E-state index contributed by atoms with van der Waals surface area (Å²) in [7, 11) is 0. The fourth-order valence-corrected chi connectivity index (χ4v) is 2.29. The van der Waals surface area contributed by atoms with Crippen molar-refractivity contribution in [3.8, 4) is 0 Å². The predicted octanol–water partition coefficient (Wildman–Crippen LogP) is 1.27. The van der Waals surface area contributed by atoms with Gasteiger partial charge in [-0.2, -0.15) is 0 Å². The summed E-state index contributed by atoms with van der Waals surface area (Å²) in [6.45, 7) is 3.98. The summed E-state index contributed by atoms with van der Waals surface area (Å²) in [4.78, 5) is 17.0. The van der Waals surface area contributed by atoms with E-state index in [1.807, 2.05) is 12.3 Å². The number of aliphatic hydroxyl groups is 1. The zero-order chi connectivity index (χ0) is 11.3. The van der Waals surface area contributed by atoms with E-state index in [0.717, 1.165) is 12.0 Å². The number of carbonyl (C=O) groups excluding carboxylic acids is 1. The molecule has 0 unspecified atom stereocenters. The van der Waals surface area contributed by atoms with E-state index in [4.69, 9.17) is 9.94 Å². The lowest BCUT2D eigenvalue weighted by Gasteiger charge is -2.03. The van der Waals surface area contributed by atoms with Crippen molar-refractivity contribution in [2.45, 2.75) is 20.3 Å². The maximum Gasteiger partial charge on any atom is 0.285 e. The number of amides is 1. The van der Waals surface area contributed by atoms with Gasteiger partial charge in [0.25, 0.3) is 5.91 Å². The Morgan fingerprint density at radius 3 is 2.93 bits per heavy atom. The van der Waals surface area contributed by atoms with Crippen LogP contribution in [0.25, 0.3) is 0 Å². The minimum atomic E-state index is -0.245. The van der Waals surface area contributed by atoms with Gasteiger partial charge in [0.2, 0.25) is 0 Å². The van der Waals surface area contributed by atoms with Crippen LogP contribution in [0.5, 0.6) is 0 Å². The highest BCUT2D eigenvalue weighted by Gasteiger charge is 2.13. The molecule has 0 aliphatic rings. The molecule has 0 saturated heterocycles. The molecule has 5 heteroatoms. The van der Waals surface area contributed by atoms with Gasteiger partial charge in [-0.1, -0.05) is 6.92 Å². The first kappa shape index (κ1) is 12.2. The van der Waals surface area contributed by atoms with Crippen LogP contribution in [0.3, 0.4) is 0 Å². The molecule has 0 atom stereocenters. The van der Waals surface area contributed by atoms with Gasteiger partial charge in [-0.25, -0.2) is 5.48 Å². The molecule has 1 rings (SSSR count). The van der Waals surface area contributed by atoms with E-state index in [9.17, 15) is 4.79 Å². The molecule has 2 N–H and O–H groups in total. The average molecular weight is 229 g/mol. The van der Waals surface area contributed by atoms with Gasteiger partial charge < -0.3 is 5.11 Å². The van der Waals surface area contributed by atoms with Crippen LogP contribution in [-0.4, -0.2) is 24.2 Å². The van der Waals surface area contributed by atoms with Gasteiger partial charge in [-0.05, 0) is 29.9 Å². The summed E-state index contributed by atoms with van der Waals surface area (Å²) in [5.41, 5.74) is 4.48. The number of nitrogens with one attached hydrogen (secondary N) is 1. The minimum absolute atomic E-state index is 0.107. The Labute approximate surface area is 92.8 Å². The fourth-order valence-electron chi connectivity index (χ4n) is 1.23. The first-order valence-corrected chi connectivity index (χ1v) is 5.68. The molecule has 1 aromatic heterocycles. The lowest BCUT2D eigenvalue weighted by atomic mass is 10.1. The molecule has 0 spiro atoms. The monoisotopic (exact) mass is 229 g/mol. The van der Waals surface area contributed by atoms with Crippen molar-refractivity contribution in [3.05, 3.63) is 21.4 Å². The number of aliphatic hydroxyl groups excluding tert-OH is 1. The Bertz CT molecular complexity index is 335. The Morgan fingerprint density at radius 1 is 1.67 bits per heavy atom. The molecule has 1 heterocycles. The van der Waals surface area contributed by atoms with Gasteiger partial charge in [-0.15, -0.1) is 11.3 Å². The summed E-state index contributed by atoms with van der Waals surface area (Å²) < 4.78 is 0. The summed E-state index contributed by atoms with van der Waals surface area (Å²) in [6.07, 6.45) is 0.924. The average Bonchev–Trinajstić information content (AvgIpc) is 2.60. The van der Waals surface area contributed by atoms with Crippen molar-refractivity contribution in [1.82, 2.24) is 5.48 Å². The molecule has 15 heavy (non-hydrogen) atoms. The van der Waals surface area contributed by atoms with E-state index >= 15 is 0 Å². The van der Waals surface area contributed by atoms with Crippen molar-refractivity contribution in [2.24, 2.45) is 0 Å². The Kier molecular flexibility index (Phi) is 4.74. The SMILES string of the molecule is CCc1csc(C(=O)NOCCO)c1C. The Balaban J connectivity index is 2.61. The molecule has 0 aromatic carbocycles. The van der Waals surface area contributed by atoms with E-state index in [1.165, 1.54) is 16.9 Å². The van der Waals surface area contributed by atoms with Gasteiger partial charge in [0, 0.05) is 0 Å². The van der Waals surface area contributed by atoms with E-state index < -0.39 is 0 Å². The largest absolute Gasteiger partial charge is 0.394 e. The van der Waals surface area contributed by atoms with Crippen molar-refractivity contribution in [1.29, 1.82) is 0 Å². The number of thiophene rings is 1. The fraction of sp³-hybridized carbons (Fsp3) is 0.500. The molecule has 0 saturated carbocycles. The highest BCUT2D eigenvalue weighted by molar-refractivity contribution is 7.12. The van der Waals surface area contributed by atoms with E-state index in [1.54, 1.807) is 0 Å². The van der Waals surface area contributed by atoms with Gasteiger partial charge in [0.15, 0.2) is 0 Å². The maximum atomic E-state index is 11.6. The Hall–Kier alpha value is -0.910. The van der Waals surface area contributed by atoms with E-state index in [2.05, 4.69) is 12.4 Å². The highest BCUT2D eigenvalue weighted by Crippen LogP contribution is 2.21. The zero-order valence-corrected chi connectivity index (χ0v) is 9.69. The van der Waals surface area contributed by atoms with Crippen molar-refractivity contribution in [3.63, 3.8) is 0 Å². The van der Waals surface area contributed by atoms with Crippen LogP contribution >= 0.6 is 11.3 Å². The predicted molar refractivity (Wildman–Crippen MR) is 58.9 cm³/mol. The number of aryl methyl sites for hydroxylation is 1. The second-order valence-electron chi connectivity index (χ2n) is 3.07. The van der Waals surface area contributed by atoms with Crippen LogP contribution in [0, 0.1) is 6.92 Å². The molecule has 0 fully saturated rings. The van der Waals surface area contributed by atoms with Crippen LogP contribution in [0.1, 0.15) is 27.7 Å². The van der Waals surface area contributed by atoms with Crippen LogP contribution in [0.15, 0.2) is 5.38 Å². The second-order valence-corrected chi connectivity index (χ2v) is 3.95. The summed E-state index contributed by atoms with van der Waals surface area (Å²) in [5, 5.41) is 10.5. The number of hydrogen-bond acceptors (Lipinski definition) is 4. The summed E-state index contributed by atoms with van der Waals surface area (Å²) in [5.74, 6) is -0.245. The lowest BCUT2D eigenvalue weighted by molar-refractivity contribution is 0.0171. The molecule has 84 valence electrons. The quantitative estimate of drug-likeness (QED) is 0.590. The van der Waals surface area contributed by atoms with Crippen LogP contribution in [0.2, 0.25) is 0 Å². The maximum absolute atomic E-state index is 11.6. The number of carbonyl (C=O) groups is 1. The van der Waals surface area contributed by atoms with Crippen molar-refractivity contribution >= 4 is 17.2 Å². The third-order valence-electron chi connectivity index (χ3n) is 2.09. The highest BCUT2D eigenvalue weighted by atomic mass is 32.1. The van der Waals surface area contributed by atoms with Gasteiger partial charge in [0.05, 0.1) is 18.1 Å². The van der Waals surface area contributed by atoms with E-state index in [-0.39, 0.29) is 19.1 Å². The smallest absolute Gasteiger partial charge is 0.285 e. The minimum Gasteiger partial charge on any atom is -0.394 e. The standard InChI is InChI=1S/C10H15NO3S/c1-3-8-6-15-9(7(8)2)10(13)11-14-5-4-12/h6,12H,3-5H2,1-2H3,(H,11,13). The molecule has 0 aliphatic heterocycles. The third kappa shape index (κ3) is 3.02. The zero-order valence-electron chi connectivity index (χ0n) is 8.87. The Morgan fingerprint density at radius 2 is 2.40 bits per heavy atom. The molecule has 0 aliphatic carbocycles. The first-order valence-electron chi connectivity index (χ1n) is 4.80. The van der Waals surface area contributed by atoms with Crippen LogP contribution < -0.4 is 5.48 Å². The number of hydrogen-bond donors (Lipinski definition) is 2.